The van der Waals surface area contributed by atoms with Gasteiger partial charge in [0.15, 0.2) is 0 Å². The first-order chi connectivity index (χ1) is 21.2. The van der Waals surface area contributed by atoms with Crippen molar-refractivity contribution in [1.82, 2.24) is 0 Å². The predicted molar refractivity (Wildman–Crippen MR) is 158 cm³/mol. The van der Waals surface area contributed by atoms with Crippen molar-refractivity contribution in [3.8, 4) is 11.5 Å². The number of hydrogen-bond acceptors (Lipinski definition) is 7. The van der Waals surface area contributed by atoms with Gasteiger partial charge in [-0.25, -0.2) is 23.1 Å². The molecule has 1 aliphatic rings. The lowest BCUT2D eigenvalue weighted by Gasteiger charge is -2.18. The van der Waals surface area contributed by atoms with Crippen molar-refractivity contribution in [1.29, 1.82) is 0 Å². The van der Waals surface area contributed by atoms with Crippen molar-refractivity contribution in [2.24, 2.45) is 0 Å². The Labute approximate surface area is 256 Å². The van der Waals surface area contributed by atoms with Gasteiger partial charge in [0.05, 0.1) is 37.1 Å². The zero-order valence-corrected chi connectivity index (χ0v) is 24.5. The van der Waals surface area contributed by atoms with Gasteiger partial charge < -0.3 is 14.2 Å². The third-order valence-electron chi connectivity index (χ3n) is 6.66. The first kappa shape index (κ1) is 30.5. The smallest absolute Gasteiger partial charge is 0.365 e. The second kappa shape index (κ2) is 13.6. The lowest BCUT2D eigenvalue weighted by Crippen LogP contribution is -2.68. The van der Waals surface area contributed by atoms with Crippen molar-refractivity contribution in [2.75, 3.05) is 14.2 Å². The Morgan fingerprint density at radius 1 is 0.659 bits per heavy atom. The van der Waals surface area contributed by atoms with E-state index >= 15 is 0 Å². The number of hydrogen-bond donors (Lipinski definition) is 0. The summed E-state index contributed by atoms with van der Waals surface area (Å²) in [4.78, 5) is 0. The van der Waals surface area contributed by atoms with Crippen LogP contribution in [-0.2, 0) is 4.74 Å². The second-order valence-electron chi connectivity index (χ2n) is 9.49. The first-order valence-corrected chi connectivity index (χ1v) is 14.6. The Bertz CT molecular complexity index is 1760. The molecule has 0 N–H and O–H groups in total. The maximum Gasteiger partial charge on any atom is 0.365 e. The molecule has 0 unspecified atom stereocenters. The average molecular weight is 611 g/mol. The van der Waals surface area contributed by atoms with Crippen molar-refractivity contribution < 1.29 is 47.5 Å². The highest BCUT2D eigenvalue weighted by atomic mass is 35.7. The van der Waals surface area contributed by atoms with Gasteiger partial charge in [0.1, 0.15) is 23.0 Å². The molecule has 6 rings (SSSR count). The minimum atomic E-state index is -4.94. The Balaban J connectivity index is 0.000000712. The van der Waals surface area contributed by atoms with Crippen LogP contribution in [0.2, 0.25) is 0 Å². The summed E-state index contributed by atoms with van der Waals surface area (Å²) < 4.78 is 57.4. The number of fused-ring (bicyclic) bond motifs is 2. The number of halogens is 1. The molecule has 0 spiro atoms. The normalized spacial score (nSPS) is 13.1. The molecule has 44 heavy (non-hydrogen) atoms. The third-order valence-corrected chi connectivity index (χ3v) is 6.66. The second-order valence-corrected chi connectivity index (χ2v) is 10.3. The summed E-state index contributed by atoms with van der Waals surface area (Å²) in [7, 11) is -1.64. The molecule has 0 aliphatic carbocycles. The van der Waals surface area contributed by atoms with E-state index in [0.29, 0.717) is 0 Å². The molecule has 5 aromatic rings. The van der Waals surface area contributed by atoms with E-state index in [0.717, 1.165) is 67.2 Å². The molecule has 8 nitrogen and oxygen atoms in total. The summed E-state index contributed by atoms with van der Waals surface area (Å²) in [5.41, 5.74) is 5.63. The highest BCUT2D eigenvalue weighted by Gasteiger charge is 2.19. The monoisotopic (exact) mass is 610 g/mol. The highest BCUT2D eigenvalue weighted by molar-refractivity contribution is 6.01. The molecular formula is C35H27ClO8. The zero-order chi connectivity index (χ0) is 31.1. The van der Waals surface area contributed by atoms with Gasteiger partial charge in [0, 0.05) is 16.7 Å². The van der Waals surface area contributed by atoms with E-state index in [9.17, 15) is 0 Å². The minimum Gasteiger partial charge on any atom is -0.496 e. The van der Waals surface area contributed by atoms with Crippen molar-refractivity contribution in [3.63, 3.8) is 0 Å². The number of ether oxygens (including phenoxy) is 3. The zero-order valence-electron chi connectivity index (χ0n) is 23.8. The minimum absolute atomic E-state index is 0.741. The average Bonchev–Trinajstić information content (AvgIpc) is 3.03. The van der Waals surface area contributed by atoms with Gasteiger partial charge in [-0.2, -0.15) is 0 Å². The van der Waals surface area contributed by atoms with Crippen molar-refractivity contribution >= 4 is 39.5 Å². The fraction of sp³-hybridized carbons (Fsp3) is 0.0571. The van der Waals surface area contributed by atoms with E-state index in [4.69, 9.17) is 37.3 Å². The number of allylic oxidation sites excluding steroid dienone is 5. The summed E-state index contributed by atoms with van der Waals surface area (Å²) >= 11 is 0. The van der Waals surface area contributed by atoms with E-state index in [1.165, 1.54) is 0 Å². The van der Waals surface area contributed by atoms with Crippen LogP contribution in [-0.4, -0.2) is 14.2 Å². The Kier molecular flexibility index (Phi) is 9.40. The molecule has 4 aromatic carbocycles. The van der Waals surface area contributed by atoms with Crippen LogP contribution in [0.25, 0.3) is 39.5 Å². The van der Waals surface area contributed by atoms with Gasteiger partial charge in [-0.1, -0.05) is 78.9 Å². The quantitative estimate of drug-likeness (QED) is 0.207. The maximum atomic E-state index is 8.49. The van der Waals surface area contributed by atoms with E-state index in [2.05, 4.69) is 54.6 Å². The Morgan fingerprint density at radius 2 is 1.11 bits per heavy atom. The molecule has 0 saturated heterocycles. The highest BCUT2D eigenvalue weighted by Crippen LogP contribution is 2.35. The number of benzene rings is 4. The Hall–Kier alpha value is -4.96. The summed E-state index contributed by atoms with van der Waals surface area (Å²) in [6.45, 7) is 0. The van der Waals surface area contributed by atoms with Gasteiger partial charge >= 0.3 is 11.2 Å². The fourth-order valence-corrected chi connectivity index (χ4v) is 4.68. The van der Waals surface area contributed by atoms with Gasteiger partial charge in [0.2, 0.25) is 0 Å². The molecule has 0 amide bonds. The summed E-state index contributed by atoms with van der Waals surface area (Å²) in [6, 6.07) is 32.1. The lowest BCUT2D eigenvalue weighted by atomic mass is 10.0. The van der Waals surface area contributed by atoms with Crippen LogP contribution in [0.5, 0.6) is 11.5 Å². The molecule has 0 fully saturated rings. The van der Waals surface area contributed by atoms with E-state index in [1.54, 1.807) is 14.2 Å². The fourth-order valence-electron chi connectivity index (χ4n) is 4.68. The van der Waals surface area contributed by atoms with Crippen LogP contribution in [0, 0.1) is 10.2 Å². The van der Waals surface area contributed by atoms with Crippen LogP contribution in [0.3, 0.4) is 0 Å². The maximum absolute atomic E-state index is 8.49. The van der Waals surface area contributed by atoms with E-state index in [-0.39, 0.29) is 0 Å². The van der Waals surface area contributed by atoms with Crippen LogP contribution >= 0.6 is 0 Å². The molecule has 9 heteroatoms. The van der Waals surface area contributed by atoms with Crippen molar-refractivity contribution in [3.05, 3.63) is 144 Å². The molecule has 222 valence electrons. The predicted octanol–water partition coefficient (Wildman–Crippen LogP) is 4.18. The summed E-state index contributed by atoms with van der Waals surface area (Å²) in [5, 5.41) is 1.99. The largest absolute Gasteiger partial charge is 0.496 e. The van der Waals surface area contributed by atoms with Gasteiger partial charge in [0.25, 0.3) is 0 Å². The molecule has 0 atom stereocenters. The van der Waals surface area contributed by atoms with Crippen LogP contribution < -0.4 is 28.1 Å². The molecule has 0 saturated carbocycles. The van der Waals surface area contributed by atoms with Crippen LogP contribution in [0.4, 0.5) is 0 Å². The number of methoxy groups -OCH3 is 2. The molecule has 0 bridgehead atoms. The molecule has 1 aliphatic heterocycles. The molecule has 0 radical (unpaired) electrons. The summed E-state index contributed by atoms with van der Waals surface area (Å²) in [6.07, 6.45) is 10.4. The molecule has 1 aromatic heterocycles. The van der Waals surface area contributed by atoms with Gasteiger partial charge in [-0.15, -0.1) is 10.2 Å². The topological polar surface area (TPSA) is 131 Å². The van der Waals surface area contributed by atoms with Gasteiger partial charge in [-0.3, -0.25) is 0 Å². The van der Waals surface area contributed by atoms with Crippen molar-refractivity contribution in [2.45, 2.75) is 0 Å². The van der Waals surface area contributed by atoms with E-state index in [1.807, 2.05) is 72.8 Å². The number of rotatable bonds is 6. The van der Waals surface area contributed by atoms with Crippen LogP contribution in [0.1, 0.15) is 16.7 Å². The summed E-state index contributed by atoms with van der Waals surface area (Å²) in [5.74, 6) is 3.10. The molecule has 2 heterocycles. The molecular weight excluding hydrogens is 584 g/mol. The van der Waals surface area contributed by atoms with E-state index < -0.39 is 10.2 Å². The third kappa shape index (κ3) is 7.70. The standard InChI is InChI=1S/C35H27O4.ClHO4/c1-36-27-16-18-30-29(31-19-17-28(37-2)23-35(31)39-34(30)22-27)15-9-10-24-20-32(25-11-5-3-6-12-25)38-33(21-24)26-13-7-4-8-14-26;2-1(3,4)5/h3-23H,1-2H3;(H,2,3,4,5)/q+1;/p-1. The SMILES string of the molecule is COc1ccc2c(/C=C/C=C3C=C(c4ccccc4)OC(c4ccccc4)=C3)c3ccc(OC)cc3[o+]c2c1.[O-][Cl+3]([O-])([O-])[O-]. The van der Waals surface area contributed by atoms with Gasteiger partial charge in [-0.05, 0) is 42.0 Å². The first-order valence-electron chi connectivity index (χ1n) is 13.4. The lowest BCUT2D eigenvalue weighted by molar-refractivity contribution is -2.00. The van der Waals surface area contributed by atoms with Crippen LogP contribution in [0.15, 0.2) is 131 Å². The Morgan fingerprint density at radius 3 is 1.55 bits per heavy atom.